The van der Waals surface area contributed by atoms with Crippen molar-refractivity contribution in [2.45, 2.75) is 44.7 Å². The zero-order valence-corrected chi connectivity index (χ0v) is 18.6. The van der Waals surface area contributed by atoms with Crippen molar-refractivity contribution in [3.05, 3.63) is 65.2 Å². The van der Waals surface area contributed by atoms with Gasteiger partial charge in [0.15, 0.2) is 0 Å². The fourth-order valence-electron chi connectivity index (χ4n) is 3.85. The molecule has 1 aliphatic heterocycles. The number of amides is 1. The molecule has 6 nitrogen and oxygen atoms in total. The topological polar surface area (TPSA) is 69.7 Å². The molecule has 7 heteroatoms. The molecule has 2 aromatic carbocycles. The number of sulfonamides is 1. The van der Waals surface area contributed by atoms with E-state index in [1.165, 1.54) is 34.8 Å². The Kier molecular flexibility index (Phi) is 7.64. The molecule has 1 N–H and O–H groups in total. The molecule has 2 aromatic rings. The fourth-order valence-corrected chi connectivity index (χ4v) is 5.36. The summed E-state index contributed by atoms with van der Waals surface area (Å²) < 4.78 is 26.9. The predicted molar refractivity (Wildman–Crippen MR) is 119 cm³/mol. The Labute approximate surface area is 179 Å². The smallest absolute Gasteiger partial charge is 0.251 e. The summed E-state index contributed by atoms with van der Waals surface area (Å²) in [5, 5.41) is 2.95. The number of carbonyl (C=O) groups excluding carboxylic acids is 1. The number of hydrogen-bond acceptors (Lipinski definition) is 4. The normalized spacial score (nSPS) is 14.9. The molecule has 0 aromatic heterocycles. The summed E-state index contributed by atoms with van der Waals surface area (Å²) in [6.07, 6.45) is 2.48. The van der Waals surface area contributed by atoms with E-state index in [2.05, 4.69) is 16.3 Å². The minimum atomic E-state index is -3.60. The van der Waals surface area contributed by atoms with E-state index in [4.69, 9.17) is 0 Å². The highest BCUT2D eigenvalue weighted by Crippen LogP contribution is 2.18. The van der Waals surface area contributed by atoms with Crippen LogP contribution in [0.2, 0.25) is 0 Å². The van der Waals surface area contributed by atoms with Crippen LogP contribution in [0.15, 0.2) is 53.4 Å². The van der Waals surface area contributed by atoms with Crippen LogP contribution < -0.4 is 5.32 Å². The first-order valence-corrected chi connectivity index (χ1v) is 12.1. The van der Waals surface area contributed by atoms with Crippen molar-refractivity contribution in [3.8, 4) is 0 Å². The van der Waals surface area contributed by atoms with Crippen LogP contribution in [0.3, 0.4) is 0 Å². The van der Waals surface area contributed by atoms with E-state index in [1.807, 2.05) is 18.2 Å². The number of nitrogens with one attached hydrogen (secondary N) is 1. The minimum absolute atomic E-state index is 0.147. The summed E-state index contributed by atoms with van der Waals surface area (Å²) in [6, 6.07) is 14.4. The van der Waals surface area contributed by atoms with Crippen molar-refractivity contribution in [2.75, 3.05) is 26.2 Å². The van der Waals surface area contributed by atoms with Gasteiger partial charge in [0.25, 0.3) is 5.91 Å². The molecule has 0 radical (unpaired) electrons. The second kappa shape index (κ2) is 10.2. The first-order valence-electron chi connectivity index (χ1n) is 10.6. The van der Waals surface area contributed by atoms with Crippen LogP contribution in [-0.2, 0) is 23.1 Å². The minimum Gasteiger partial charge on any atom is -0.348 e. The van der Waals surface area contributed by atoms with Gasteiger partial charge in [-0.05, 0) is 55.3 Å². The van der Waals surface area contributed by atoms with Crippen LogP contribution in [0.25, 0.3) is 0 Å². The zero-order chi connectivity index (χ0) is 21.6. The maximum atomic E-state index is 12.7. The lowest BCUT2D eigenvalue weighted by Gasteiger charge is -2.19. The summed E-state index contributed by atoms with van der Waals surface area (Å²) >= 11 is 0. The van der Waals surface area contributed by atoms with Gasteiger partial charge in [-0.1, -0.05) is 44.2 Å². The number of likely N-dealkylation sites (tertiary alicyclic amines) is 1. The summed E-state index contributed by atoms with van der Waals surface area (Å²) in [5.74, 6) is -0.275. The Morgan fingerprint density at radius 2 is 1.67 bits per heavy atom. The second-order valence-corrected chi connectivity index (χ2v) is 9.49. The standard InChI is InChI=1S/C23H31N3O3S/c1-3-26(4-2)30(28,29)22-13-9-12-19(16-22)23(27)24-17-20-10-5-6-11-21(20)18-25-14-7-8-15-25/h5-6,9-13,16H,3-4,7-8,14-15,17-18H2,1-2H3,(H,24,27). The number of hydrogen-bond donors (Lipinski definition) is 1. The van der Waals surface area contributed by atoms with Gasteiger partial charge in [0.1, 0.15) is 0 Å². The SMILES string of the molecule is CCN(CC)S(=O)(=O)c1cccc(C(=O)NCc2ccccc2CN2CCCC2)c1. The molecular formula is C23H31N3O3S. The first kappa shape index (κ1) is 22.5. The van der Waals surface area contributed by atoms with Gasteiger partial charge in [-0.15, -0.1) is 0 Å². The Bertz CT molecular complexity index is 965. The van der Waals surface area contributed by atoms with Crippen LogP contribution >= 0.6 is 0 Å². The number of nitrogens with zero attached hydrogens (tertiary/aromatic N) is 2. The average Bonchev–Trinajstić information content (AvgIpc) is 3.27. The molecule has 3 rings (SSSR count). The molecule has 162 valence electrons. The number of carbonyl (C=O) groups is 1. The van der Waals surface area contributed by atoms with Crippen molar-refractivity contribution in [2.24, 2.45) is 0 Å². The van der Waals surface area contributed by atoms with Crippen molar-refractivity contribution in [3.63, 3.8) is 0 Å². The first-order chi connectivity index (χ1) is 14.5. The molecule has 30 heavy (non-hydrogen) atoms. The quantitative estimate of drug-likeness (QED) is 0.664. The van der Waals surface area contributed by atoms with Crippen molar-refractivity contribution >= 4 is 15.9 Å². The van der Waals surface area contributed by atoms with Gasteiger partial charge < -0.3 is 5.32 Å². The van der Waals surface area contributed by atoms with Gasteiger partial charge in [0.2, 0.25) is 10.0 Å². The second-order valence-electron chi connectivity index (χ2n) is 7.55. The Morgan fingerprint density at radius 1 is 1.00 bits per heavy atom. The third-order valence-electron chi connectivity index (χ3n) is 5.59. The van der Waals surface area contributed by atoms with Gasteiger partial charge in [0, 0.05) is 31.7 Å². The third-order valence-corrected chi connectivity index (χ3v) is 7.64. The fraction of sp³-hybridized carbons (Fsp3) is 0.435. The summed E-state index contributed by atoms with van der Waals surface area (Å²) in [6.45, 7) is 7.93. The maximum absolute atomic E-state index is 12.7. The van der Waals surface area contributed by atoms with Crippen LogP contribution in [0.4, 0.5) is 0 Å². The van der Waals surface area contributed by atoms with E-state index in [9.17, 15) is 13.2 Å². The third kappa shape index (κ3) is 5.28. The van der Waals surface area contributed by atoms with Gasteiger partial charge in [-0.25, -0.2) is 8.42 Å². The van der Waals surface area contributed by atoms with Gasteiger partial charge in [-0.2, -0.15) is 4.31 Å². The monoisotopic (exact) mass is 429 g/mol. The van der Waals surface area contributed by atoms with E-state index >= 15 is 0 Å². The van der Waals surface area contributed by atoms with Crippen LogP contribution in [0, 0.1) is 0 Å². The van der Waals surface area contributed by atoms with Gasteiger partial charge >= 0.3 is 0 Å². The van der Waals surface area contributed by atoms with Gasteiger partial charge in [-0.3, -0.25) is 9.69 Å². The molecule has 1 heterocycles. The summed E-state index contributed by atoms with van der Waals surface area (Å²) in [4.78, 5) is 15.3. The van der Waals surface area contributed by atoms with Crippen LogP contribution in [0.1, 0.15) is 48.2 Å². The molecule has 0 spiro atoms. The molecule has 0 aliphatic carbocycles. The molecule has 0 bridgehead atoms. The lowest BCUT2D eigenvalue weighted by molar-refractivity contribution is 0.0950. The molecule has 0 unspecified atom stereocenters. The highest BCUT2D eigenvalue weighted by molar-refractivity contribution is 7.89. The van der Waals surface area contributed by atoms with Crippen LogP contribution in [0.5, 0.6) is 0 Å². The summed E-state index contributed by atoms with van der Waals surface area (Å²) in [5.41, 5.74) is 2.66. The van der Waals surface area contributed by atoms with E-state index in [0.29, 0.717) is 25.2 Å². The molecular weight excluding hydrogens is 398 g/mol. The van der Waals surface area contributed by atoms with E-state index < -0.39 is 10.0 Å². The number of benzene rings is 2. The highest BCUT2D eigenvalue weighted by atomic mass is 32.2. The molecule has 1 saturated heterocycles. The summed E-state index contributed by atoms with van der Waals surface area (Å²) in [7, 11) is -3.60. The Balaban J connectivity index is 1.70. The van der Waals surface area contributed by atoms with E-state index in [0.717, 1.165) is 25.2 Å². The average molecular weight is 430 g/mol. The lowest BCUT2D eigenvalue weighted by atomic mass is 10.1. The van der Waals surface area contributed by atoms with Crippen LogP contribution in [-0.4, -0.2) is 49.7 Å². The Morgan fingerprint density at radius 3 is 2.33 bits per heavy atom. The van der Waals surface area contributed by atoms with Crippen molar-refractivity contribution in [1.82, 2.24) is 14.5 Å². The maximum Gasteiger partial charge on any atom is 0.251 e. The molecule has 0 saturated carbocycles. The molecule has 1 fully saturated rings. The van der Waals surface area contributed by atoms with E-state index in [1.54, 1.807) is 26.0 Å². The zero-order valence-electron chi connectivity index (χ0n) is 17.8. The van der Waals surface area contributed by atoms with Gasteiger partial charge in [0.05, 0.1) is 4.90 Å². The lowest BCUT2D eigenvalue weighted by Crippen LogP contribution is -2.31. The largest absolute Gasteiger partial charge is 0.348 e. The molecule has 0 atom stereocenters. The van der Waals surface area contributed by atoms with E-state index in [-0.39, 0.29) is 10.8 Å². The van der Waals surface area contributed by atoms with Crippen molar-refractivity contribution < 1.29 is 13.2 Å². The predicted octanol–water partition coefficient (Wildman–Crippen LogP) is 3.24. The Hall–Kier alpha value is -2.22. The highest BCUT2D eigenvalue weighted by Gasteiger charge is 2.22. The molecule has 1 amide bonds. The van der Waals surface area contributed by atoms with Crippen molar-refractivity contribution in [1.29, 1.82) is 0 Å². The molecule has 1 aliphatic rings. The number of rotatable bonds is 9.